The number of aromatic nitrogens is 2. The Balaban J connectivity index is 2.60. The van der Waals surface area contributed by atoms with Crippen LogP contribution in [0.5, 0.6) is 0 Å². The largest absolute Gasteiger partial charge is 0.469 e. The number of aromatic amines is 1. The molecule has 0 radical (unpaired) electrons. The van der Waals surface area contributed by atoms with E-state index in [4.69, 9.17) is 5.73 Å². The topological polar surface area (TPSA) is 110 Å². The zero-order chi connectivity index (χ0) is 13.7. The number of rotatable bonds is 5. The zero-order valence-corrected chi connectivity index (χ0v) is 10.7. The molecule has 7 heteroatoms. The number of hydrogen-bond donors (Lipinski definition) is 3. The van der Waals surface area contributed by atoms with Gasteiger partial charge in [0.25, 0.3) is 5.91 Å². The van der Waals surface area contributed by atoms with Gasteiger partial charge in [0.15, 0.2) is 5.69 Å². The lowest BCUT2D eigenvalue weighted by Gasteiger charge is -2.04. The van der Waals surface area contributed by atoms with Crippen LogP contribution in [0.2, 0.25) is 0 Å². The van der Waals surface area contributed by atoms with Crippen molar-refractivity contribution in [2.45, 2.75) is 26.2 Å². The molecule has 0 saturated heterocycles. The Kier molecular flexibility index (Phi) is 4.70. The molecule has 0 aliphatic heterocycles. The molecule has 1 heterocycles. The summed E-state index contributed by atoms with van der Waals surface area (Å²) < 4.78 is 4.46. The van der Waals surface area contributed by atoms with Crippen LogP contribution >= 0.6 is 0 Å². The highest BCUT2D eigenvalue weighted by Gasteiger charge is 2.18. The van der Waals surface area contributed by atoms with E-state index in [-0.39, 0.29) is 30.5 Å². The molecule has 18 heavy (non-hydrogen) atoms. The number of nitrogen functional groups attached to an aromatic ring is 1. The maximum absolute atomic E-state index is 11.7. The molecule has 7 nitrogen and oxygen atoms in total. The van der Waals surface area contributed by atoms with E-state index in [2.05, 4.69) is 20.3 Å². The molecule has 100 valence electrons. The summed E-state index contributed by atoms with van der Waals surface area (Å²) in [6, 6.07) is 0. The molecule has 1 amide bonds. The second-order valence-corrected chi connectivity index (χ2v) is 4.14. The fourth-order valence-corrected chi connectivity index (χ4v) is 1.44. The van der Waals surface area contributed by atoms with Gasteiger partial charge >= 0.3 is 5.97 Å². The number of H-pyrrole nitrogens is 1. The molecule has 0 aliphatic rings. The number of nitrogens with zero attached hydrogens (tertiary/aromatic N) is 1. The third kappa shape index (κ3) is 3.22. The van der Waals surface area contributed by atoms with E-state index >= 15 is 0 Å². The quantitative estimate of drug-likeness (QED) is 0.659. The average molecular weight is 254 g/mol. The molecular weight excluding hydrogens is 236 g/mol. The van der Waals surface area contributed by atoms with Gasteiger partial charge in [0.2, 0.25) is 0 Å². The predicted molar refractivity (Wildman–Crippen MR) is 66.1 cm³/mol. The van der Waals surface area contributed by atoms with Crippen LogP contribution in [0, 0.1) is 0 Å². The summed E-state index contributed by atoms with van der Waals surface area (Å²) in [6.07, 6.45) is 0.115. The highest BCUT2D eigenvalue weighted by molar-refractivity contribution is 5.97. The molecular formula is C11H18N4O3. The van der Waals surface area contributed by atoms with Crippen molar-refractivity contribution in [1.82, 2.24) is 15.5 Å². The standard InChI is InChI=1S/C11H18N4O3/c1-6(2)9-8(12)10(15-14-9)11(17)13-5-4-7(16)18-3/h6H,4-5,12H2,1-3H3,(H,13,17)(H,14,15). The fourth-order valence-electron chi connectivity index (χ4n) is 1.44. The third-order valence-electron chi connectivity index (χ3n) is 2.47. The minimum absolute atomic E-state index is 0.115. The molecule has 1 rings (SSSR count). The number of esters is 1. The average Bonchev–Trinajstić information content (AvgIpc) is 2.70. The Morgan fingerprint density at radius 2 is 2.17 bits per heavy atom. The summed E-state index contributed by atoms with van der Waals surface area (Å²) in [4.78, 5) is 22.6. The van der Waals surface area contributed by atoms with Gasteiger partial charge < -0.3 is 15.8 Å². The van der Waals surface area contributed by atoms with E-state index < -0.39 is 5.91 Å². The van der Waals surface area contributed by atoms with Gasteiger partial charge in [-0.2, -0.15) is 5.10 Å². The summed E-state index contributed by atoms with van der Waals surface area (Å²) >= 11 is 0. The number of amides is 1. The van der Waals surface area contributed by atoms with Gasteiger partial charge in [0.05, 0.1) is 24.9 Å². The SMILES string of the molecule is COC(=O)CCNC(=O)c1n[nH]c(C(C)C)c1N. The minimum atomic E-state index is -0.403. The highest BCUT2D eigenvalue weighted by Crippen LogP contribution is 2.21. The van der Waals surface area contributed by atoms with Crippen molar-refractivity contribution in [3.05, 3.63) is 11.4 Å². The minimum Gasteiger partial charge on any atom is -0.469 e. The van der Waals surface area contributed by atoms with Gasteiger partial charge in [-0.15, -0.1) is 0 Å². The Morgan fingerprint density at radius 1 is 1.50 bits per heavy atom. The van der Waals surface area contributed by atoms with Crippen molar-refractivity contribution in [3.63, 3.8) is 0 Å². The first-order valence-electron chi connectivity index (χ1n) is 5.66. The van der Waals surface area contributed by atoms with Crippen molar-refractivity contribution in [1.29, 1.82) is 0 Å². The Hall–Kier alpha value is -2.05. The van der Waals surface area contributed by atoms with Crippen LogP contribution in [0.4, 0.5) is 5.69 Å². The normalized spacial score (nSPS) is 10.4. The lowest BCUT2D eigenvalue weighted by atomic mass is 10.1. The van der Waals surface area contributed by atoms with E-state index in [0.717, 1.165) is 5.69 Å². The number of hydrogen-bond acceptors (Lipinski definition) is 5. The molecule has 0 unspecified atom stereocenters. The Morgan fingerprint density at radius 3 is 2.67 bits per heavy atom. The van der Waals surface area contributed by atoms with Crippen LogP contribution in [0.15, 0.2) is 0 Å². The number of carbonyl (C=O) groups excluding carboxylic acids is 2. The first-order valence-corrected chi connectivity index (χ1v) is 5.66. The lowest BCUT2D eigenvalue weighted by molar-refractivity contribution is -0.140. The number of methoxy groups -OCH3 is 1. The van der Waals surface area contributed by atoms with Gasteiger partial charge in [-0.05, 0) is 5.92 Å². The number of nitrogens with one attached hydrogen (secondary N) is 2. The second kappa shape index (κ2) is 6.04. The van der Waals surface area contributed by atoms with E-state index in [1.165, 1.54) is 7.11 Å². The van der Waals surface area contributed by atoms with Crippen LogP contribution in [0.3, 0.4) is 0 Å². The summed E-state index contributed by atoms with van der Waals surface area (Å²) in [5.74, 6) is -0.623. The van der Waals surface area contributed by atoms with Gasteiger partial charge in [-0.1, -0.05) is 13.8 Å². The number of nitrogens with two attached hydrogens (primary N) is 1. The summed E-state index contributed by atoms with van der Waals surface area (Å²) in [5, 5.41) is 9.17. The second-order valence-electron chi connectivity index (χ2n) is 4.14. The van der Waals surface area contributed by atoms with Crippen molar-refractivity contribution in [2.24, 2.45) is 0 Å². The maximum atomic E-state index is 11.7. The molecule has 1 aromatic heterocycles. The van der Waals surface area contributed by atoms with E-state index in [9.17, 15) is 9.59 Å². The monoisotopic (exact) mass is 254 g/mol. The number of carbonyl (C=O) groups is 2. The van der Waals surface area contributed by atoms with Gasteiger partial charge in [-0.3, -0.25) is 14.7 Å². The van der Waals surface area contributed by atoms with Crippen molar-refractivity contribution in [2.75, 3.05) is 19.4 Å². The Labute approximate surface area is 105 Å². The zero-order valence-electron chi connectivity index (χ0n) is 10.7. The molecule has 0 atom stereocenters. The summed E-state index contributed by atoms with van der Waals surface area (Å²) in [7, 11) is 1.30. The molecule has 4 N–H and O–H groups in total. The Bertz CT molecular complexity index is 439. The first-order chi connectivity index (χ1) is 8.47. The summed E-state index contributed by atoms with van der Waals surface area (Å²) in [6.45, 7) is 4.08. The predicted octanol–water partition coefficient (Wildman–Crippen LogP) is 0.408. The smallest absolute Gasteiger partial charge is 0.307 e. The highest BCUT2D eigenvalue weighted by atomic mass is 16.5. The summed E-state index contributed by atoms with van der Waals surface area (Å²) in [5.41, 5.74) is 7.05. The maximum Gasteiger partial charge on any atom is 0.307 e. The van der Waals surface area contributed by atoms with Crippen LogP contribution in [0.25, 0.3) is 0 Å². The lowest BCUT2D eigenvalue weighted by Crippen LogP contribution is -2.27. The molecule has 1 aromatic rings. The van der Waals surface area contributed by atoms with E-state index in [0.29, 0.717) is 5.69 Å². The van der Waals surface area contributed by atoms with Gasteiger partial charge in [-0.25, -0.2) is 0 Å². The van der Waals surface area contributed by atoms with Crippen molar-refractivity contribution < 1.29 is 14.3 Å². The fraction of sp³-hybridized carbons (Fsp3) is 0.545. The molecule has 0 bridgehead atoms. The third-order valence-corrected chi connectivity index (χ3v) is 2.47. The molecule has 0 fully saturated rings. The number of ether oxygens (including phenoxy) is 1. The van der Waals surface area contributed by atoms with Crippen molar-refractivity contribution in [3.8, 4) is 0 Å². The van der Waals surface area contributed by atoms with Gasteiger partial charge in [0, 0.05) is 6.54 Å². The van der Waals surface area contributed by atoms with Crippen LogP contribution in [-0.4, -0.2) is 35.7 Å². The van der Waals surface area contributed by atoms with E-state index in [1.54, 1.807) is 0 Å². The number of anilines is 1. The molecule has 0 aromatic carbocycles. The molecule has 0 aliphatic carbocycles. The van der Waals surface area contributed by atoms with E-state index in [1.807, 2.05) is 13.8 Å². The van der Waals surface area contributed by atoms with Crippen LogP contribution in [-0.2, 0) is 9.53 Å². The van der Waals surface area contributed by atoms with Gasteiger partial charge in [0.1, 0.15) is 0 Å². The molecule has 0 spiro atoms. The van der Waals surface area contributed by atoms with Crippen LogP contribution < -0.4 is 11.1 Å². The van der Waals surface area contributed by atoms with Crippen LogP contribution in [0.1, 0.15) is 42.4 Å². The molecule has 0 saturated carbocycles. The first kappa shape index (κ1) is 14.0. The van der Waals surface area contributed by atoms with Crippen molar-refractivity contribution >= 4 is 17.6 Å².